The van der Waals surface area contributed by atoms with Crippen molar-refractivity contribution in [3.63, 3.8) is 0 Å². The van der Waals surface area contributed by atoms with Gasteiger partial charge in [0.15, 0.2) is 5.79 Å². The standard InChI is InChI=1S/C17H19ClN2O3/c1-19-14-4-2-3-13(18)12(14)11-15(19)16(21)20-7-5-17(6-8-20)22-9-10-23-17/h2-4,11H,5-10H2,1H3. The number of carbonyl (C=O) groups excluding carboxylic acids is 1. The van der Waals surface area contributed by atoms with Gasteiger partial charge in [0.05, 0.1) is 13.2 Å². The van der Waals surface area contributed by atoms with E-state index in [1.165, 1.54) is 0 Å². The van der Waals surface area contributed by atoms with E-state index in [-0.39, 0.29) is 5.91 Å². The van der Waals surface area contributed by atoms with Gasteiger partial charge in [0.2, 0.25) is 0 Å². The minimum atomic E-state index is -0.459. The Hall–Kier alpha value is -1.56. The number of piperidine rings is 1. The van der Waals surface area contributed by atoms with E-state index in [2.05, 4.69) is 0 Å². The SMILES string of the molecule is Cn1c(C(=O)N2CCC3(CC2)OCCO3)cc2c(Cl)cccc21. The summed E-state index contributed by atoms with van der Waals surface area (Å²) >= 11 is 6.24. The van der Waals surface area contributed by atoms with Crippen molar-refractivity contribution >= 4 is 28.4 Å². The molecular formula is C17H19ClN2O3. The fourth-order valence-corrected chi connectivity index (χ4v) is 3.75. The molecule has 4 rings (SSSR count). The summed E-state index contributed by atoms with van der Waals surface area (Å²) in [6.45, 7) is 2.59. The Morgan fingerprint density at radius 1 is 1.22 bits per heavy atom. The van der Waals surface area contributed by atoms with Crippen LogP contribution in [-0.4, -0.2) is 47.5 Å². The van der Waals surface area contributed by atoms with Crippen molar-refractivity contribution in [2.45, 2.75) is 18.6 Å². The molecule has 0 unspecified atom stereocenters. The molecule has 1 spiro atoms. The molecule has 6 heteroatoms. The first-order valence-electron chi connectivity index (χ1n) is 7.91. The summed E-state index contributed by atoms with van der Waals surface area (Å²) in [4.78, 5) is 14.8. The van der Waals surface area contributed by atoms with E-state index in [1.807, 2.05) is 40.8 Å². The number of fused-ring (bicyclic) bond motifs is 1. The first-order valence-corrected chi connectivity index (χ1v) is 8.29. The monoisotopic (exact) mass is 334 g/mol. The maximum Gasteiger partial charge on any atom is 0.270 e. The fraction of sp³-hybridized carbons (Fsp3) is 0.471. The lowest BCUT2D eigenvalue weighted by molar-refractivity contribution is -0.181. The van der Waals surface area contributed by atoms with Crippen LogP contribution in [0.25, 0.3) is 10.9 Å². The number of halogens is 1. The molecule has 122 valence electrons. The Balaban J connectivity index is 1.58. The lowest BCUT2D eigenvalue weighted by Crippen LogP contribution is -2.47. The van der Waals surface area contributed by atoms with Crippen molar-refractivity contribution in [2.24, 2.45) is 7.05 Å². The zero-order chi connectivity index (χ0) is 16.0. The van der Waals surface area contributed by atoms with Crippen LogP contribution >= 0.6 is 11.6 Å². The number of hydrogen-bond donors (Lipinski definition) is 0. The maximum atomic E-state index is 12.9. The quantitative estimate of drug-likeness (QED) is 0.805. The molecule has 1 amide bonds. The van der Waals surface area contributed by atoms with Crippen molar-refractivity contribution in [1.29, 1.82) is 0 Å². The molecule has 3 heterocycles. The summed E-state index contributed by atoms with van der Waals surface area (Å²) in [5.41, 5.74) is 1.63. The molecule has 0 bridgehead atoms. The molecule has 5 nitrogen and oxygen atoms in total. The predicted octanol–water partition coefficient (Wildman–Crippen LogP) is 2.81. The number of benzene rings is 1. The van der Waals surface area contributed by atoms with E-state index in [0.717, 1.165) is 23.7 Å². The maximum absolute atomic E-state index is 12.9. The summed E-state index contributed by atoms with van der Waals surface area (Å²) in [7, 11) is 1.90. The normalized spacial score (nSPS) is 20.5. The van der Waals surface area contributed by atoms with Crippen molar-refractivity contribution in [3.05, 3.63) is 35.0 Å². The van der Waals surface area contributed by atoms with Crippen molar-refractivity contribution in [2.75, 3.05) is 26.3 Å². The Bertz CT molecular complexity index is 755. The van der Waals surface area contributed by atoms with Crippen LogP contribution in [0.4, 0.5) is 0 Å². The van der Waals surface area contributed by atoms with Crippen LogP contribution in [0.2, 0.25) is 5.02 Å². The number of aryl methyl sites for hydroxylation is 1. The van der Waals surface area contributed by atoms with Crippen LogP contribution in [-0.2, 0) is 16.5 Å². The smallest absolute Gasteiger partial charge is 0.270 e. The zero-order valence-corrected chi connectivity index (χ0v) is 13.8. The molecule has 0 N–H and O–H groups in total. The van der Waals surface area contributed by atoms with Gasteiger partial charge in [0.25, 0.3) is 5.91 Å². The van der Waals surface area contributed by atoms with E-state index >= 15 is 0 Å². The highest BCUT2D eigenvalue weighted by atomic mass is 35.5. The van der Waals surface area contributed by atoms with Crippen LogP contribution in [0.15, 0.2) is 24.3 Å². The topological polar surface area (TPSA) is 43.7 Å². The third kappa shape index (κ3) is 2.43. The van der Waals surface area contributed by atoms with Gasteiger partial charge < -0.3 is 18.9 Å². The Morgan fingerprint density at radius 2 is 1.91 bits per heavy atom. The van der Waals surface area contributed by atoms with Gasteiger partial charge in [-0.25, -0.2) is 0 Å². The van der Waals surface area contributed by atoms with Gasteiger partial charge in [-0.15, -0.1) is 0 Å². The van der Waals surface area contributed by atoms with Crippen LogP contribution in [0.1, 0.15) is 23.3 Å². The van der Waals surface area contributed by atoms with E-state index in [0.29, 0.717) is 37.0 Å². The lowest BCUT2D eigenvalue weighted by Gasteiger charge is -2.37. The Kier molecular flexibility index (Phi) is 3.59. The second-order valence-electron chi connectivity index (χ2n) is 6.16. The van der Waals surface area contributed by atoms with E-state index in [1.54, 1.807) is 0 Å². The van der Waals surface area contributed by atoms with Crippen LogP contribution in [0, 0.1) is 0 Å². The zero-order valence-electron chi connectivity index (χ0n) is 13.0. The van der Waals surface area contributed by atoms with Gasteiger partial charge in [0.1, 0.15) is 5.69 Å². The van der Waals surface area contributed by atoms with Gasteiger partial charge in [-0.3, -0.25) is 4.79 Å². The summed E-state index contributed by atoms with van der Waals surface area (Å²) < 4.78 is 13.4. The summed E-state index contributed by atoms with van der Waals surface area (Å²) in [6.07, 6.45) is 1.45. The molecule has 1 aromatic carbocycles. The highest BCUT2D eigenvalue weighted by Gasteiger charge is 2.41. The number of rotatable bonds is 1. The molecule has 0 radical (unpaired) electrons. The fourth-order valence-electron chi connectivity index (χ4n) is 3.53. The van der Waals surface area contributed by atoms with Gasteiger partial charge in [-0.05, 0) is 18.2 Å². The predicted molar refractivity (Wildman–Crippen MR) is 87.7 cm³/mol. The second kappa shape index (κ2) is 5.51. The van der Waals surface area contributed by atoms with Crippen LogP contribution in [0.5, 0.6) is 0 Å². The first-order chi connectivity index (χ1) is 11.1. The number of hydrogen-bond acceptors (Lipinski definition) is 3. The molecule has 1 aromatic heterocycles. The molecule has 2 aliphatic heterocycles. The third-order valence-electron chi connectivity index (χ3n) is 4.88. The summed E-state index contributed by atoms with van der Waals surface area (Å²) in [6, 6.07) is 7.60. The van der Waals surface area contributed by atoms with Gasteiger partial charge in [-0.2, -0.15) is 0 Å². The largest absolute Gasteiger partial charge is 0.347 e. The third-order valence-corrected chi connectivity index (χ3v) is 5.21. The molecule has 2 aliphatic rings. The average molecular weight is 335 g/mol. The summed E-state index contributed by atoms with van der Waals surface area (Å²) in [5, 5.41) is 1.58. The second-order valence-corrected chi connectivity index (χ2v) is 6.57. The van der Waals surface area contributed by atoms with E-state index in [4.69, 9.17) is 21.1 Å². The number of ether oxygens (including phenoxy) is 2. The lowest BCUT2D eigenvalue weighted by atomic mass is 10.0. The first kappa shape index (κ1) is 15.0. The molecule has 0 saturated carbocycles. The molecule has 2 fully saturated rings. The number of aromatic nitrogens is 1. The number of amides is 1. The average Bonchev–Trinajstić information content (AvgIpc) is 3.14. The Morgan fingerprint density at radius 3 is 2.57 bits per heavy atom. The number of carbonyl (C=O) groups is 1. The van der Waals surface area contributed by atoms with Crippen molar-refractivity contribution in [1.82, 2.24) is 9.47 Å². The van der Waals surface area contributed by atoms with E-state index < -0.39 is 5.79 Å². The number of nitrogens with zero attached hydrogens (tertiary/aromatic N) is 2. The minimum Gasteiger partial charge on any atom is -0.347 e. The molecule has 0 aliphatic carbocycles. The molecule has 2 saturated heterocycles. The highest BCUT2D eigenvalue weighted by molar-refractivity contribution is 6.35. The van der Waals surface area contributed by atoms with Gasteiger partial charge >= 0.3 is 0 Å². The Labute approximate surface area is 139 Å². The summed E-state index contributed by atoms with van der Waals surface area (Å²) in [5.74, 6) is -0.424. The number of likely N-dealkylation sites (tertiary alicyclic amines) is 1. The molecular weight excluding hydrogens is 316 g/mol. The minimum absolute atomic E-state index is 0.0348. The molecule has 2 aromatic rings. The van der Waals surface area contributed by atoms with E-state index in [9.17, 15) is 4.79 Å². The van der Waals surface area contributed by atoms with Gasteiger partial charge in [-0.1, -0.05) is 17.7 Å². The van der Waals surface area contributed by atoms with Crippen molar-refractivity contribution < 1.29 is 14.3 Å². The highest BCUT2D eigenvalue weighted by Crippen LogP contribution is 2.32. The van der Waals surface area contributed by atoms with Crippen molar-refractivity contribution in [3.8, 4) is 0 Å². The van der Waals surface area contributed by atoms with Crippen LogP contribution < -0.4 is 0 Å². The van der Waals surface area contributed by atoms with Gasteiger partial charge in [0, 0.05) is 48.9 Å². The van der Waals surface area contributed by atoms with Crippen LogP contribution in [0.3, 0.4) is 0 Å². The molecule has 0 atom stereocenters. The molecule has 23 heavy (non-hydrogen) atoms.